The first-order valence-electron chi connectivity index (χ1n) is 12.3. The molecular formula is C27H27F3N8O. The van der Waals surface area contributed by atoms with Crippen molar-refractivity contribution in [2.45, 2.75) is 32.0 Å². The molecule has 4 aromatic rings. The molecule has 2 heterocycles. The summed E-state index contributed by atoms with van der Waals surface area (Å²) in [5.74, 6) is 1.19. The van der Waals surface area contributed by atoms with Crippen LogP contribution in [0.25, 0.3) is 5.82 Å². The van der Waals surface area contributed by atoms with E-state index in [4.69, 9.17) is 0 Å². The highest BCUT2D eigenvalue weighted by molar-refractivity contribution is 6.05. The van der Waals surface area contributed by atoms with Gasteiger partial charge in [-0.05, 0) is 55.7 Å². The molecule has 3 N–H and O–H groups in total. The molecule has 1 fully saturated rings. The lowest BCUT2D eigenvalue weighted by atomic mass is 10.1. The molecule has 0 bridgehead atoms. The van der Waals surface area contributed by atoms with Gasteiger partial charge in [0.25, 0.3) is 5.91 Å². The van der Waals surface area contributed by atoms with Crippen LogP contribution in [-0.2, 0) is 6.18 Å². The van der Waals surface area contributed by atoms with E-state index in [1.54, 1.807) is 49.3 Å². The van der Waals surface area contributed by atoms with Gasteiger partial charge in [0.1, 0.15) is 18.0 Å². The fraction of sp³-hybridized carbons (Fsp3) is 0.259. The van der Waals surface area contributed by atoms with E-state index in [0.29, 0.717) is 29.2 Å². The van der Waals surface area contributed by atoms with Crippen molar-refractivity contribution in [3.63, 3.8) is 0 Å². The number of imidazole rings is 1. The summed E-state index contributed by atoms with van der Waals surface area (Å²) in [4.78, 5) is 27.5. The van der Waals surface area contributed by atoms with E-state index in [0.717, 1.165) is 36.4 Å². The van der Waals surface area contributed by atoms with Crippen LogP contribution in [0.4, 0.5) is 42.0 Å². The second-order valence-electron chi connectivity index (χ2n) is 9.57. The predicted molar refractivity (Wildman–Crippen MR) is 144 cm³/mol. The van der Waals surface area contributed by atoms with Gasteiger partial charge in [-0.3, -0.25) is 9.36 Å². The zero-order valence-electron chi connectivity index (χ0n) is 21.5. The lowest BCUT2D eigenvalue weighted by Gasteiger charge is -2.17. The molecule has 12 heteroatoms. The molecule has 1 aliphatic carbocycles. The Hall–Kier alpha value is -4.61. The van der Waals surface area contributed by atoms with E-state index in [-0.39, 0.29) is 11.3 Å². The number of aryl methyl sites for hydroxylation is 1. The fourth-order valence-corrected chi connectivity index (χ4v) is 3.90. The Morgan fingerprint density at radius 1 is 1.05 bits per heavy atom. The number of nitrogens with zero attached hydrogens (tertiary/aromatic N) is 5. The van der Waals surface area contributed by atoms with Gasteiger partial charge in [-0.15, -0.1) is 0 Å². The Bertz CT molecular complexity index is 1510. The number of benzene rings is 2. The Labute approximate surface area is 223 Å². The molecule has 1 saturated carbocycles. The van der Waals surface area contributed by atoms with Crippen LogP contribution in [0.15, 0.2) is 61.2 Å². The zero-order valence-corrected chi connectivity index (χ0v) is 21.5. The van der Waals surface area contributed by atoms with Crippen LogP contribution >= 0.6 is 0 Å². The van der Waals surface area contributed by atoms with Crippen molar-refractivity contribution in [3.8, 4) is 5.82 Å². The van der Waals surface area contributed by atoms with E-state index in [1.165, 1.54) is 17.3 Å². The highest BCUT2D eigenvalue weighted by Crippen LogP contribution is 2.33. The number of amides is 1. The van der Waals surface area contributed by atoms with Crippen molar-refractivity contribution in [3.05, 3.63) is 77.9 Å². The van der Waals surface area contributed by atoms with Crippen LogP contribution < -0.4 is 20.9 Å². The van der Waals surface area contributed by atoms with Crippen molar-refractivity contribution in [1.29, 1.82) is 0 Å². The van der Waals surface area contributed by atoms with Gasteiger partial charge in [0, 0.05) is 61.2 Å². The monoisotopic (exact) mass is 536 g/mol. The molecular weight excluding hydrogens is 509 g/mol. The maximum absolute atomic E-state index is 13.4. The minimum atomic E-state index is -4.58. The van der Waals surface area contributed by atoms with Gasteiger partial charge in [-0.2, -0.15) is 13.2 Å². The van der Waals surface area contributed by atoms with Gasteiger partial charge >= 0.3 is 6.18 Å². The largest absolute Gasteiger partial charge is 0.416 e. The third kappa shape index (κ3) is 6.11. The number of aromatic nitrogens is 4. The summed E-state index contributed by atoms with van der Waals surface area (Å²) in [6.07, 6.45) is 2.54. The first kappa shape index (κ1) is 26.0. The maximum Gasteiger partial charge on any atom is 0.416 e. The summed E-state index contributed by atoms with van der Waals surface area (Å²) < 4.78 is 42.1. The minimum absolute atomic E-state index is 0.0986. The first-order chi connectivity index (χ1) is 18.6. The molecule has 1 aliphatic rings. The molecule has 1 amide bonds. The quantitative estimate of drug-likeness (QED) is 0.269. The van der Waals surface area contributed by atoms with Crippen LogP contribution in [0.3, 0.4) is 0 Å². The number of alkyl halides is 3. The number of nitrogens with one attached hydrogen (secondary N) is 3. The minimum Gasteiger partial charge on any atom is -0.378 e. The standard InChI is InChI=1S/C27H27F3N8O/c1-16-4-5-20(35-25(39)17-10-18(27(28,29)30)12-21(11-17)37(2)3)13-22(16)36-26-31-8-9-38(26)24-14-23(32-15-33-24)34-19-6-7-19/h4-5,8-15,19H,6-7H2,1-3H3,(H,31,36)(H,35,39)(H,32,33,34). The predicted octanol–water partition coefficient (Wildman–Crippen LogP) is 5.63. The van der Waals surface area contributed by atoms with Crippen LogP contribution in [0.1, 0.15) is 34.3 Å². The van der Waals surface area contributed by atoms with Crippen LogP contribution in [0.2, 0.25) is 0 Å². The lowest BCUT2D eigenvalue weighted by Crippen LogP contribution is -2.17. The molecule has 2 aromatic carbocycles. The van der Waals surface area contributed by atoms with Crippen molar-refractivity contribution >= 4 is 34.7 Å². The molecule has 5 rings (SSSR count). The molecule has 202 valence electrons. The van der Waals surface area contributed by atoms with Gasteiger partial charge < -0.3 is 20.9 Å². The molecule has 9 nitrogen and oxygen atoms in total. The summed E-state index contributed by atoms with van der Waals surface area (Å²) in [6.45, 7) is 1.89. The smallest absolute Gasteiger partial charge is 0.378 e. The topological polar surface area (TPSA) is 100 Å². The second-order valence-corrected chi connectivity index (χ2v) is 9.57. The molecule has 0 spiro atoms. The summed E-state index contributed by atoms with van der Waals surface area (Å²) in [5.41, 5.74) is 1.22. The van der Waals surface area contributed by atoms with Crippen molar-refractivity contribution < 1.29 is 18.0 Å². The summed E-state index contributed by atoms with van der Waals surface area (Å²) in [7, 11) is 3.23. The lowest BCUT2D eigenvalue weighted by molar-refractivity contribution is -0.137. The Morgan fingerprint density at radius 2 is 1.85 bits per heavy atom. The third-order valence-corrected chi connectivity index (χ3v) is 6.24. The van der Waals surface area contributed by atoms with Crippen molar-refractivity contribution in [2.24, 2.45) is 0 Å². The number of rotatable bonds is 8. The van der Waals surface area contributed by atoms with Gasteiger partial charge in [-0.1, -0.05) is 6.07 Å². The first-order valence-corrected chi connectivity index (χ1v) is 12.3. The fourth-order valence-electron chi connectivity index (χ4n) is 3.90. The van der Waals surface area contributed by atoms with Crippen LogP contribution in [0, 0.1) is 6.92 Å². The Balaban J connectivity index is 1.37. The molecule has 2 aromatic heterocycles. The molecule has 0 saturated heterocycles. The number of hydrogen-bond donors (Lipinski definition) is 3. The van der Waals surface area contributed by atoms with Crippen molar-refractivity contribution in [1.82, 2.24) is 19.5 Å². The van der Waals surface area contributed by atoms with Crippen LogP contribution in [-0.4, -0.2) is 45.6 Å². The molecule has 0 radical (unpaired) electrons. The van der Waals surface area contributed by atoms with Gasteiger partial charge in [0.15, 0.2) is 0 Å². The molecule has 0 atom stereocenters. The number of halogens is 3. The summed E-state index contributed by atoms with van der Waals surface area (Å²) in [6, 6.07) is 10.7. The van der Waals surface area contributed by atoms with Gasteiger partial charge in [-0.25, -0.2) is 15.0 Å². The van der Waals surface area contributed by atoms with E-state index in [1.807, 2.05) is 13.0 Å². The summed E-state index contributed by atoms with van der Waals surface area (Å²) in [5, 5.41) is 9.32. The third-order valence-electron chi connectivity index (χ3n) is 6.24. The zero-order chi connectivity index (χ0) is 27.7. The number of anilines is 5. The highest BCUT2D eigenvalue weighted by Gasteiger charge is 2.32. The Kier molecular flexibility index (Phi) is 6.85. The van der Waals surface area contributed by atoms with E-state index in [9.17, 15) is 18.0 Å². The Morgan fingerprint density at radius 3 is 2.56 bits per heavy atom. The highest BCUT2D eigenvalue weighted by atomic mass is 19.4. The molecule has 0 aliphatic heterocycles. The number of hydrogen-bond acceptors (Lipinski definition) is 7. The van der Waals surface area contributed by atoms with Crippen LogP contribution in [0.5, 0.6) is 0 Å². The van der Waals surface area contributed by atoms with Gasteiger partial charge in [0.2, 0.25) is 5.95 Å². The van der Waals surface area contributed by atoms with E-state index in [2.05, 4.69) is 30.9 Å². The van der Waals surface area contributed by atoms with Crippen molar-refractivity contribution in [2.75, 3.05) is 34.9 Å². The normalized spacial score (nSPS) is 13.2. The molecule has 39 heavy (non-hydrogen) atoms. The van der Waals surface area contributed by atoms with Gasteiger partial charge in [0.05, 0.1) is 5.56 Å². The van der Waals surface area contributed by atoms with E-state index >= 15 is 0 Å². The molecule has 0 unspecified atom stereocenters. The number of carbonyl (C=O) groups excluding carboxylic acids is 1. The SMILES string of the molecule is Cc1ccc(NC(=O)c2cc(N(C)C)cc(C(F)(F)F)c2)cc1Nc1nccn1-c1cc(NC2CC2)ncn1. The second kappa shape index (κ2) is 10.3. The van der Waals surface area contributed by atoms with E-state index < -0.39 is 17.6 Å². The maximum atomic E-state index is 13.4. The number of carbonyl (C=O) groups is 1. The average molecular weight is 537 g/mol. The average Bonchev–Trinajstić information content (AvgIpc) is 3.59. The summed E-state index contributed by atoms with van der Waals surface area (Å²) >= 11 is 0.